The third-order valence-electron chi connectivity index (χ3n) is 4.73. The lowest BCUT2D eigenvalue weighted by molar-refractivity contribution is -0.339. The predicted octanol–water partition coefficient (Wildman–Crippen LogP) is -2.80. The standard InChI is InChI=1S/C15H22O9/c16-4-6-3-8(18)7-1-2-22-14(10(6)7)24-15-13(21)12(20)11(19)9(5-17)23-15/h1-3,7-21H,4-5H2/t7-,8+,9?,10+,11?,12?,13?,14?,15?/m0/s1. The second-order valence-electron chi connectivity index (χ2n) is 6.16. The molecule has 0 aromatic carbocycles. The van der Waals surface area contributed by atoms with Gasteiger partial charge in [-0.25, -0.2) is 0 Å². The van der Waals surface area contributed by atoms with Gasteiger partial charge in [0.05, 0.1) is 31.5 Å². The molecule has 6 N–H and O–H groups in total. The Balaban J connectivity index is 1.75. The zero-order valence-electron chi connectivity index (χ0n) is 12.8. The van der Waals surface area contributed by atoms with E-state index in [-0.39, 0.29) is 12.5 Å². The first-order valence-corrected chi connectivity index (χ1v) is 7.75. The van der Waals surface area contributed by atoms with E-state index in [2.05, 4.69) is 0 Å². The molecular formula is C15H22O9. The lowest BCUT2D eigenvalue weighted by Gasteiger charge is -2.42. The molecule has 0 aromatic heterocycles. The van der Waals surface area contributed by atoms with Gasteiger partial charge >= 0.3 is 0 Å². The molecule has 0 amide bonds. The minimum atomic E-state index is -1.56. The van der Waals surface area contributed by atoms with Gasteiger partial charge in [-0.15, -0.1) is 0 Å². The van der Waals surface area contributed by atoms with E-state index in [1.807, 2.05) is 0 Å². The Morgan fingerprint density at radius 2 is 1.75 bits per heavy atom. The van der Waals surface area contributed by atoms with Crippen LogP contribution in [0.3, 0.4) is 0 Å². The Morgan fingerprint density at radius 1 is 1.00 bits per heavy atom. The SMILES string of the molecule is OCC1=C[C@@H](O)[C@@H]2C=COC(OC3OC(CO)C(O)C(O)C3O)[C@H]12. The van der Waals surface area contributed by atoms with E-state index in [0.29, 0.717) is 5.57 Å². The Hall–Kier alpha value is -1.04. The minimum absolute atomic E-state index is 0.288. The quantitative estimate of drug-likeness (QED) is 0.297. The number of hydrogen-bond donors (Lipinski definition) is 6. The molecule has 2 heterocycles. The van der Waals surface area contributed by atoms with Crippen molar-refractivity contribution >= 4 is 0 Å². The molecule has 3 rings (SSSR count). The molecule has 3 aliphatic rings. The maximum absolute atomic E-state index is 10.0. The van der Waals surface area contributed by atoms with Gasteiger partial charge in [0.25, 0.3) is 0 Å². The summed E-state index contributed by atoms with van der Waals surface area (Å²) in [7, 11) is 0. The number of aliphatic hydroxyl groups is 6. The highest BCUT2D eigenvalue weighted by Gasteiger charge is 2.49. The first-order chi connectivity index (χ1) is 11.5. The molecule has 1 saturated heterocycles. The summed E-state index contributed by atoms with van der Waals surface area (Å²) in [6.45, 7) is -0.854. The van der Waals surface area contributed by atoms with Crippen LogP contribution < -0.4 is 0 Å². The maximum atomic E-state index is 10.0. The number of fused-ring (bicyclic) bond motifs is 1. The number of ether oxygens (including phenoxy) is 3. The van der Waals surface area contributed by atoms with Gasteiger partial charge in [0, 0.05) is 5.92 Å². The van der Waals surface area contributed by atoms with Gasteiger partial charge < -0.3 is 44.8 Å². The number of aliphatic hydroxyl groups excluding tert-OH is 6. The molecule has 0 bridgehead atoms. The lowest BCUT2D eigenvalue weighted by atomic mass is 9.88. The van der Waals surface area contributed by atoms with E-state index in [9.17, 15) is 30.6 Å². The van der Waals surface area contributed by atoms with Crippen LogP contribution in [0.5, 0.6) is 0 Å². The first kappa shape index (κ1) is 17.8. The highest BCUT2D eigenvalue weighted by Crippen LogP contribution is 2.40. The monoisotopic (exact) mass is 346 g/mol. The minimum Gasteiger partial charge on any atom is -0.472 e. The van der Waals surface area contributed by atoms with Gasteiger partial charge in [-0.2, -0.15) is 0 Å². The summed E-state index contributed by atoms with van der Waals surface area (Å²) in [4.78, 5) is 0. The summed E-state index contributed by atoms with van der Waals surface area (Å²) in [5.74, 6) is -0.835. The first-order valence-electron chi connectivity index (χ1n) is 7.75. The van der Waals surface area contributed by atoms with Crippen LogP contribution in [0.2, 0.25) is 0 Å². The van der Waals surface area contributed by atoms with Crippen LogP contribution in [0.15, 0.2) is 24.0 Å². The van der Waals surface area contributed by atoms with Crippen LogP contribution in [0.25, 0.3) is 0 Å². The van der Waals surface area contributed by atoms with Crippen molar-refractivity contribution in [1.82, 2.24) is 0 Å². The van der Waals surface area contributed by atoms with Gasteiger partial charge in [-0.05, 0) is 11.6 Å². The summed E-state index contributed by atoms with van der Waals surface area (Å²) in [6.07, 6.45) is -4.27. The van der Waals surface area contributed by atoms with Crippen molar-refractivity contribution in [3.8, 4) is 0 Å². The molecule has 9 nitrogen and oxygen atoms in total. The van der Waals surface area contributed by atoms with Crippen molar-refractivity contribution in [3.05, 3.63) is 24.0 Å². The van der Waals surface area contributed by atoms with E-state index >= 15 is 0 Å². The highest BCUT2D eigenvalue weighted by molar-refractivity contribution is 5.25. The summed E-state index contributed by atoms with van der Waals surface area (Å²) >= 11 is 0. The van der Waals surface area contributed by atoms with E-state index in [1.165, 1.54) is 12.3 Å². The zero-order chi connectivity index (χ0) is 17.4. The van der Waals surface area contributed by atoms with Crippen molar-refractivity contribution in [2.75, 3.05) is 13.2 Å². The van der Waals surface area contributed by atoms with E-state index < -0.39 is 55.6 Å². The summed E-state index contributed by atoms with van der Waals surface area (Å²) in [5, 5.41) is 58.3. The number of hydrogen-bond acceptors (Lipinski definition) is 9. The second-order valence-corrected chi connectivity index (χ2v) is 6.16. The molecule has 1 aliphatic carbocycles. The van der Waals surface area contributed by atoms with Crippen LogP contribution in [0.1, 0.15) is 0 Å². The lowest BCUT2D eigenvalue weighted by Crippen LogP contribution is -2.60. The Bertz CT molecular complexity index is 505. The van der Waals surface area contributed by atoms with Crippen LogP contribution in [0.4, 0.5) is 0 Å². The maximum Gasteiger partial charge on any atom is 0.209 e. The van der Waals surface area contributed by atoms with Crippen molar-refractivity contribution in [1.29, 1.82) is 0 Å². The Labute approximate surface area is 138 Å². The summed E-state index contributed by atoms with van der Waals surface area (Å²) in [5.41, 5.74) is 0.534. The normalized spacial score (nSPS) is 47.9. The largest absolute Gasteiger partial charge is 0.472 e. The average Bonchev–Trinajstić information content (AvgIpc) is 2.92. The predicted molar refractivity (Wildman–Crippen MR) is 77.0 cm³/mol. The molecule has 9 atom stereocenters. The third kappa shape index (κ3) is 2.98. The molecule has 0 saturated carbocycles. The van der Waals surface area contributed by atoms with Crippen molar-refractivity contribution in [3.63, 3.8) is 0 Å². The molecule has 6 unspecified atom stereocenters. The fraction of sp³-hybridized carbons (Fsp3) is 0.733. The van der Waals surface area contributed by atoms with Crippen LogP contribution in [-0.2, 0) is 14.2 Å². The highest BCUT2D eigenvalue weighted by atomic mass is 16.8. The molecule has 0 radical (unpaired) electrons. The van der Waals surface area contributed by atoms with Crippen LogP contribution in [0, 0.1) is 11.8 Å². The van der Waals surface area contributed by atoms with Crippen molar-refractivity contribution in [2.45, 2.75) is 43.1 Å². The molecule has 0 aromatic rings. The zero-order valence-corrected chi connectivity index (χ0v) is 12.8. The molecule has 9 heteroatoms. The Morgan fingerprint density at radius 3 is 2.42 bits per heavy atom. The molecule has 2 aliphatic heterocycles. The second kappa shape index (κ2) is 7.06. The fourth-order valence-corrected chi connectivity index (χ4v) is 3.38. The third-order valence-corrected chi connectivity index (χ3v) is 4.73. The van der Waals surface area contributed by atoms with Gasteiger partial charge in [-0.1, -0.05) is 6.08 Å². The molecule has 24 heavy (non-hydrogen) atoms. The van der Waals surface area contributed by atoms with Crippen LogP contribution >= 0.6 is 0 Å². The molecular weight excluding hydrogens is 324 g/mol. The topological polar surface area (TPSA) is 149 Å². The van der Waals surface area contributed by atoms with E-state index in [1.54, 1.807) is 6.08 Å². The summed E-state index contributed by atoms with van der Waals surface area (Å²) in [6, 6.07) is 0. The van der Waals surface area contributed by atoms with E-state index in [0.717, 1.165) is 0 Å². The Kier molecular flexibility index (Phi) is 5.23. The molecule has 1 fully saturated rings. The van der Waals surface area contributed by atoms with Crippen LogP contribution in [-0.4, -0.2) is 87.0 Å². The van der Waals surface area contributed by atoms with E-state index in [4.69, 9.17) is 14.2 Å². The van der Waals surface area contributed by atoms with Gasteiger partial charge in [-0.3, -0.25) is 0 Å². The van der Waals surface area contributed by atoms with Gasteiger partial charge in [0.15, 0.2) is 6.29 Å². The number of rotatable bonds is 4. The molecule has 136 valence electrons. The van der Waals surface area contributed by atoms with Gasteiger partial charge in [0.2, 0.25) is 6.29 Å². The smallest absolute Gasteiger partial charge is 0.209 e. The molecule has 0 spiro atoms. The summed E-state index contributed by atoms with van der Waals surface area (Å²) < 4.78 is 16.3. The average molecular weight is 346 g/mol. The van der Waals surface area contributed by atoms with Gasteiger partial charge in [0.1, 0.15) is 24.4 Å². The fourth-order valence-electron chi connectivity index (χ4n) is 3.38. The van der Waals surface area contributed by atoms with Crippen molar-refractivity contribution in [2.24, 2.45) is 11.8 Å². The van der Waals surface area contributed by atoms with Crippen molar-refractivity contribution < 1.29 is 44.8 Å².